The number of nitrogens with zero attached hydrogens (tertiary/aromatic N) is 1. The number of pyridine rings is 1. The minimum absolute atomic E-state index is 0.498. The van der Waals surface area contributed by atoms with E-state index in [9.17, 15) is 5.11 Å². The molecule has 1 aromatic rings. The molecule has 0 amide bonds. The van der Waals surface area contributed by atoms with E-state index in [4.69, 9.17) is 0 Å². The van der Waals surface area contributed by atoms with Gasteiger partial charge in [-0.1, -0.05) is 25.3 Å². The average molecular weight is 287 g/mol. The molecule has 1 fully saturated rings. The molecule has 0 bridgehead atoms. The summed E-state index contributed by atoms with van der Waals surface area (Å²) in [6.07, 6.45) is 9.25. The minimum Gasteiger partial charge on any atom is -0.378 e. The summed E-state index contributed by atoms with van der Waals surface area (Å²) in [6, 6.07) is 4.68. The van der Waals surface area contributed by atoms with Crippen molar-refractivity contribution in [3.05, 3.63) is 30.1 Å². The summed E-state index contributed by atoms with van der Waals surface area (Å²) in [4.78, 5) is 5.76. The van der Waals surface area contributed by atoms with Crippen LogP contribution in [-0.2, 0) is 0 Å². The number of rotatable bonds is 4. The standard InChI is InChI=1S/C18H26N2O/c1-3-10-18(2,21)11-7-14-20-13-5-4-9-17(20)16-8-6-12-19-15-16/h6,8,12,15,17,21H,3-5,9-10,13-14H2,1-2H3/p+1/t17-,18+/m1/s1. The van der Waals surface area contributed by atoms with Crippen molar-refractivity contribution in [3.8, 4) is 11.8 Å². The van der Waals surface area contributed by atoms with E-state index in [1.54, 1.807) is 0 Å². The van der Waals surface area contributed by atoms with Crippen molar-refractivity contribution in [2.45, 2.75) is 57.6 Å². The third-order valence-electron chi connectivity index (χ3n) is 4.23. The first-order valence-electron chi connectivity index (χ1n) is 8.09. The van der Waals surface area contributed by atoms with Gasteiger partial charge in [0, 0.05) is 24.4 Å². The maximum Gasteiger partial charge on any atom is 0.139 e. The van der Waals surface area contributed by atoms with Crippen LogP contribution in [0.4, 0.5) is 0 Å². The normalized spacial score (nSPS) is 24.7. The summed E-state index contributed by atoms with van der Waals surface area (Å²) in [6.45, 7) is 5.85. The van der Waals surface area contributed by atoms with Crippen molar-refractivity contribution in [1.29, 1.82) is 0 Å². The van der Waals surface area contributed by atoms with Crippen LogP contribution in [0.15, 0.2) is 24.5 Å². The first-order chi connectivity index (χ1) is 10.1. The summed E-state index contributed by atoms with van der Waals surface area (Å²) in [7, 11) is 0. The number of quaternary nitrogens is 1. The van der Waals surface area contributed by atoms with Gasteiger partial charge in [0.1, 0.15) is 18.2 Å². The molecule has 0 saturated carbocycles. The van der Waals surface area contributed by atoms with Crippen LogP contribution < -0.4 is 4.90 Å². The lowest BCUT2D eigenvalue weighted by Gasteiger charge is -2.31. The van der Waals surface area contributed by atoms with E-state index >= 15 is 0 Å². The lowest BCUT2D eigenvalue weighted by molar-refractivity contribution is -0.930. The summed E-state index contributed by atoms with van der Waals surface area (Å²) >= 11 is 0. The van der Waals surface area contributed by atoms with Gasteiger partial charge in [0.15, 0.2) is 0 Å². The molecule has 0 aromatic carbocycles. The zero-order valence-electron chi connectivity index (χ0n) is 13.2. The Kier molecular flexibility index (Phi) is 5.78. The van der Waals surface area contributed by atoms with Crippen LogP contribution >= 0.6 is 0 Å². The van der Waals surface area contributed by atoms with Gasteiger partial charge in [0.05, 0.1) is 6.54 Å². The summed E-state index contributed by atoms with van der Waals surface area (Å²) < 4.78 is 0. The highest BCUT2D eigenvalue weighted by Crippen LogP contribution is 2.18. The van der Waals surface area contributed by atoms with Crippen molar-refractivity contribution in [2.75, 3.05) is 13.1 Å². The Morgan fingerprint density at radius 2 is 2.33 bits per heavy atom. The van der Waals surface area contributed by atoms with Crippen molar-refractivity contribution < 1.29 is 10.0 Å². The summed E-state index contributed by atoms with van der Waals surface area (Å²) in [5.74, 6) is 6.27. The molecule has 114 valence electrons. The van der Waals surface area contributed by atoms with Crippen LogP contribution in [0.2, 0.25) is 0 Å². The van der Waals surface area contributed by atoms with Gasteiger partial charge in [0.25, 0.3) is 0 Å². The van der Waals surface area contributed by atoms with Crippen molar-refractivity contribution in [1.82, 2.24) is 4.98 Å². The molecule has 1 unspecified atom stereocenters. The van der Waals surface area contributed by atoms with Crippen LogP contribution in [-0.4, -0.2) is 28.8 Å². The third-order valence-corrected chi connectivity index (χ3v) is 4.23. The number of piperidine rings is 1. The van der Waals surface area contributed by atoms with Crippen molar-refractivity contribution in [3.63, 3.8) is 0 Å². The number of aliphatic hydroxyl groups is 1. The molecule has 2 rings (SSSR count). The lowest BCUT2D eigenvalue weighted by Crippen LogP contribution is -3.13. The zero-order valence-corrected chi connectivity index (χ0v) is 13.2. The molecular weight excluding hydrogens is 260 g/mol. The summed E-state index contributed by atoms with van der Waals surface area (Å²) in [5.41, 5.74) is 0.475. The van der Waals surface area contributed by atoms with Gasteiger partial charge in [-0.25, -0.2) is 0 Å². The van der Waals surface area contributed by atoms with Gasteiger partial charge in [-0.05, 0) is 38.2 Å². The molecule has 0 aliphatic carbocycles. The lowest BCUT2D eigenvalue weighted by atomic mass is 9.96. The Morgan fingerprint density at radius 3 is 3.05 bits per heavy atom. The van der Waals surface area contributed by atoms with Crippen molar-refractivity contribution >= 4 is 0 Å². The van der Waals surface area contributed by atoms with Crippen LogP contribution in [0.25, 0.3) is 0 Å². The second-order valence-corrected chi connectivity index (χ2v) is 6.25. The van der Waals surface area contributed by atoms with E-state index in [2.05, 4.69) is 29.8 Å². The second-order valence-electron chi connectivity index (χ2n) is 6.25. The molecule has 3 atom stereocenters. The second kappa shape index (κ2) is 7.59. The van der Waals surface area contributed by atoms with Gasteiger partial charge >= 0.3 is 0 Å². The molecule has 2 heterocycles. The van der Waals surface area contributed by atoms with Gasteiger partial charge < -0.3 is 10.0 Å². The number of hydrogen-bond donors (Lipinski definition) is 2. The first kappa shape index (κ1) is 16.0. The Labute approximate surface area is 128 Å². The molecule has 0 spiro atoms. The highest BCUT2D eigenvalue weighted by Gasteiger charge is 2.27. The van der Waals surface area contributed by atoms with Crippen LogP contribution in [0.5, 0.6) is 0 Å². The van der Waals surface area contributed by atoms with Crippen molar-refractivity contribution in [2.24, 2.45) is 0 Å². The van der Waals surface area contributed by atoms with E-state index in [1.807, 2.05) is 25.4 Å². The highest BCUT2D eigenvalue weighted by molar-refractivity contribution is 5.14. The number of nitrogens with one attached hydrogen (secondary N) is 1. The molecule has 1 aliphatic heterocycles. The van der Waals surface area contributed by atoms with Crippen LogP contribution in [0.3, 0.4) is 0 Å². The van der Waals surface area contributed by atoms with Gasteiger partial charge in [0.2, 0.25) is 0 Å². The summed E-state index contributed by atoms with van der Waals surface area (Å²) in [5, 5.41) is 10.1. The average Bonchev–Trinajstić information content (AvgIpc) is 2.48. The fourth-order valence-corrected chi connectivity index (χ4v) is 3.17. The Bertz CT molecular complexity index is 487. The van der Waals surface area contributed by atoms with Crippen LogP contribution in [0.1, 0.15) is 57.6 Å². The van der Waals surface area contributed by atoms with E-state index in [-0.39, 0.29) is 0 Å². The quantitative estimate of drug-likeness (QED) is 0.828. The number of hydrogen-bond acceptors (Lipinski definition) is 2. The monoisotopic (exact) mass is 287 g/mol. The van der Waals surface area contributed by atoms with Gasteiger partial charge in [-0.3, -0.25) is 4.98 Å². The minimum atomic E-state index is -0.840. The van der Waals surface area contributed by atoms with E-state index in [0.29, 0.717) is 6.04 Å². The predicted molar refractivity (Wildman–Crippen MR) is 84.8 cm³/mol. The van der Waals surface area contributed by atoms with Gasteiger partial charge in [-0.15, -0.1) is 0 Å². The maximum atomic E-state index is 10.1. The maximum absolute atomic E-state index is 10.1. The Morgan fingerprint density at radius 1 is 1.48 bits per heavy atom. The first-order valence-corrected chi connectivity index (χ1v) is 8.09. The molecular formula is C18H27N2O+. The third kappa shape index (κ3) is 4.84. The zero-order chi connectivity index (χ0) is 15.1. The molecule has 1 aliphatic rings. The Balaban J connectivity index is 2.02. The van der Waals surface area contributed by atoms with Gasteiger partial charge in [-0.2, -0.15) is 0 Å². The van der Waals surface area contributed by atoms with E-state index in [1.165, 1.54) is 29.7 Å². The fraction of sp³-hybridized carbons (Fsp3) is 0.611. The smallest absolute Gasteiger partial charge is 0.139 e. The molecule has 3 nitrogen and oxygen atoms in total. The molecule has 3 heteroatoms. The molecule has 1 saturated heterocycles. The SMILES string of the molecule is CCC[C@](C)(O)C#CC[NH+]1CCCC[C@@H]1c1cccnc1. The topological polar surface area (TPSA) is 37.6 Å². The number of likely N-dealkylation sites (tertiary alicyclic amines) is 1. The molecule has 1 aromatic heterocycles. The predicted octanol–water partition coefficient (Wildman–Crippen LogP) is 1.75. The fourth-order valence-electron chi connectivity index (χ4n) is 3.17. The molecule has 0 radical (unpaired) electrons. The largest absolute Gasteiger partial charge is 0.378 e. The number of aromatic nitrogens is 1. The van der Waals surface area contributed by atoms with E-state index < -0.39 is 5.60 Å². The molecule has 2 N–H and O–H groups in total. The van der Waals surface area contributed by atoms with E-state index in [0.717, 1.165) is 25.9 Å². The van der Waals surface area contributed by atoms with Crippen LogP contribution in [0, 0.1) is 11.8 Å². The molecule has 21 heavy (non-hydrogen) atoms. The highest BCUT2D eigenvalue weighted by atomic mass is 16.3. The Hall–Kier alpha value is -1.37.